The number of ether oxygens (including phenoxy) is 2. The monoisotopic (exact) mass is 239 g/mol. The van der Waals surface area contributed by atoms with E-state index in [2.05, 4.69) is 4.98 Å². The Bertz CT molecular complexity index is 592. The van der Waals surface area contributed by atoms with E-state index < -0.39 is 0 Å². The first-order chi connectivity index (χ1) is 7.65. The first kappa shape index (κ1) is 10.8. The van der Waals surface area contributed by atoms with Crippen molar-refractivity contribution in [1.82, 2.24) is 4.98 Å². The van der Waals surface area contributed by atoms with Crippen LogP contribution < -0.4 is 15.0 Å². The molecule has 4 nitrogen and oxygen atoms in total. The van der Waals surface area contributed by atoms with Crippen molar-refractivity contribution in [3.8, 4) is 11.5 Å². The summed E-state index contributed by atoms with van der Waals surface area (Å²) >= 11 is 5.97. The minimum Gasteiger partial charge on any atom is -0.493 e. The molecule has 0 saturated carbocycles. The Labute approximate surface area is 96.8 Å². The van der Waals surface area contributed by atoms with Crippen LogP contribution in [0.2, 0.25) is 5.02 Å². The molecule has 5 heteroatoms. The van der Waals surface area contributed by atoms with Crippen LogP contribution in [0.4, 0.5) is 0 Å². The molecule has 2 rings (SSSR count). The van der Waals surface area contributed by atoms with Crippen molar-refractivity contribution in [3.05, 3.63) is 33.6 Å². The number of nitrogens with one attached hydrogen (secondary N) is 1. The minimum absolute atomic E-state index is 0.246. The summed E-state index contributed by atoms with van der Waals surface area (Å²) in [5.41, 5.74) is 0.375. The van der Waals surface area contributed by atoms with E-state index in [4.69, 9.17) is 21.1 Å². The fraction of sp³-hybridized carbons (Fsp3) is 0.182. The van der Waals surface area contributed by atoms with Crippen molar-refractivity contribution >= 4 is 22.5 Å². The Hall–Kier alpha value is -1.68. The molecule has 0 radical (unpaired) electrons. The topological polar surface area (TPSA) is 51.3 Å². The number of aromatic nitrogens is 1. The molecule has 84 valence electrons. The lowest BCUT2D eigenvalue weighted by molar-refractivity contribution is 0.356. The number of fused-ring (bicyclic) bond motifs is 1. The number of H-pyrrole nitrogens is 1. The van der Waals surface area contributed by atoms with Gasteiger partial charge < -0.3 is 14.5 Å². The van der Waals surface area contributed by atoms with Crippen LogP contribution in [0.5, 0.6) is 11.5 Å². The average Bonchev–Trinajstić information content (AvgIpc) is 2.27. The molecule has 0 bridgehead atoms. The zero-order chi connectivity index (χ0) is 11.7. The van der Waals surface area contributed by atoms with E-state index in [1.165, 1.54) is 13.2 Å². The Balaban J connectivity index is 2.83. The van der Waals surface area contributed by atoms with Gasteiger partial charge in [0.1, 0.15) is 0 Å². The molecule has 1 aromatic carbocycles. The molecule has 0 aliphatic carbocycles. The second-order valence-corrected chi connectivity index (χ2v) is 3.64. The predicted molar refractivity (Wildman–Crippen MR) is 62.7 cm³/mol. The van der Waals surface area contributed by atoms with E-state index in [0.29, 0.717) is 22.0 Å². The van der Waals surface area contributed by atoms with Gasteiger partial charge in [-0.05, 0) is 6.07 Å². The summed E-state index contributed by atoms with van der Waals surface area (Å²) in [4.78, 5) is 13.9. The maximum atomic E-state index is 11.2. The largest absolute Gasteiger partial charge is 0.493 e. The van der Waals surface area contributed by atoms with E-state index in [1.54, 1.807) is 19.2 Å². The number of aromatic amines is 1. The van der Waals surface area contributed by atoms with E-state index in [-0.39, 0.29) is 5.56 Å². The van der Waals surface area contributed by atoms with E-state index >= 15 is 0 Å². The van der Waals surface area contributed by atoms with Gasteiger partial charge >= 0.3 is 0 Å². The van der Waals surface area contributed by atoms with Crippen LogP contribution >= 0.6 is 11.6 Å². The van der Waals surface area contributed by atoms with Gasteiger partial charge in [0.25, 0.3) is 0 Å². The standard InChI is InChI=1S/C11H10ClNO3/c1-15-9-3-6-7(12)4-11(14)13-8(6)5-10(9)16-2/h3-5H,1-2H3,(H,13,14). The van der Waals surface area contributed by atoms with Crippen LogP contribution in [-0.2, 0) is 0 Å². The highest BCUT2D eigenvalue weighted by molar-refractivity contribution is 6.35. The highest BCUT2D eigenvalue weighted by Gasteiger charge is 2.09. The molecule has 0 aliphatic rings. The predicted octanol–water partition coefficient (Wildman–Crippen LogP) is 2.20. The van der Waals surface area contributed by atoms with Crippen LogP contribution in [0, 0.1) is 0 Å². The van der Waals surface area contributed by atoms with Crippen molar-refractivity contribution in [3.63, 3.8) is 0 Å². The van der Waals surface area contributed by atoms with Gasteiger partial charge in [0.2, 0.25) is 5.56 Å². The van der Waals surface area contributed by atoms with Gasteiger partial charge in [0.05, 0.1) is 24.8 Å². The molecular weight excluding hydrogens is 230 g/mol. The highest BCUT2D eigenvalue weighted by atomic mass is 35.5. The third-order valence-corrected chi connectivity index (χ3v) is 2.61. The van der Waals surface area contributed by atoms with Gasteiger partial charge in [-0.2, -0.15) is 0 Å². The lowest BCUT2D eigenvalue weighted by atomic mass is 10.2. The number of methoxy groups -OCH3 is 2. The van der Waals surface area contributed by atoms with E-state index in [1.807, 2.05) is 0 Å². The van der Waals surface area contributed by atoms with Crippen molar-refractivity contribution in [2.45, 2.75) is 0 Å². The summed E-state index contributed by atoms with van der Waals surface area (Å²) in [6.45, 7) is 0. The van der Waals surface area contributed by atoms with E-state index in [9.17, 15) is 4.79 Å². The Kier molecular flexibility index (Phi) is 2.75. The number of hydrogen-bond donors (Lipinski definition) is 1. The van der Waals surface area contributed by atoms with Gasteiger partial charge in [0.15, 0.2) is 11.5 Å². The van der Waals surface area contributed by atoms with Crippen LogP contribution in [-0.4, -0.2) is 19.2 Å². The van der Waals surface area contributed by atoms with Gasteiger partial charge in [-0.25, -0.2) is 0 Å². The summed E-state index contributed by atoms with van der Waals surface area (Å²) in [5.74, 6) is 1.12. The highest BCUT2D eigenvalue weighted by Crippen LogP contribution is 2.33. The first-order valence-corrected chi connectivity index (χ1v) is 4.98. The lowest BCUT2D eigenvalue weighted by Crippen LogP contribution is -2.04. The zero-order valence-electron chi connectivity index (χ0n) is 8.83. The summed E-state index contributed by atoms with van der Waals surface area (Å²) in [6.07, 6.45) is 0. The van der Waals surface area contributed by atoms with Crippen LogP contribution in [0.3, 0.4) is 0 Å². The summed E-state index contributed by atoms with van der Waals surface area (Å²) in [6, 6.07) is 4.74. The normalized spacial score (nSPS) is 10.4. The van der Waals surface area contributed by atoms with Crippen LogP contribution in [0.25, 0.3) is 10.9 Å². The third kappa shape index (κ3) is 1.72. The quantitative estimate of drug-likeness (QED) is 0.874. The summed E-state index contributed by atoms with van der Waals surface area (Å²) in [7, 11) is 3.08. The SMILES string of the molecule is COc1cc2[nH]c(=O)cc(Cl)c2cc1OC. The molecule has 0 atom stereocenters. The Morgan fingerprint density at radius 3 is 2.38 bits per heavy atom. The van der Waals surface area contributed by atoms with Gasteiger partial charge in [-0.15, -0.1) is 0 Å². The Morgan fingerprint density at radius 1 is 1.12 bits per heavy atom. The minimum atomic E-state index is -0.246. The van der Waals surface area contributed by atoms with Gasteiger partial charge in [-0.3, -0.25) is 4.79 Å². The van der Waals surface area contributed by atoms with Gasteiger partial charge in [0, 0.05) is 17.5 Å². The maximum absolute atomic E-state index is 11.2. The molecule has 1 aromatic heterocycles. The van der Waals surface area contributed by atoms with E-state index in [0.717, 1.165) is 5.39 Å². The summed E-state index contributed by atoms with van der Waals surface area (Å²) in [5, 5.41) is 1.11. The number of rotatable bonds is 2. The first-order valence-electron chi connectivity index (χ1n) is 4.60. The number of halogens is 1. The molecular formula is C11H10ClNO3. The second kappa shape index (κ2) is 4.06. The molecule has 1 N–H and O–H groups in total. The zero-order valence-corrected chi connectivity index (χ0v) is 9.59. The molecule has 0 spiro atoms. The molecule has 2 aromatic rings. The smallest absolute Gasteiger partial charge is 0.249 e. The Morgan fingerprint density at radius 2 is 1.75 bits per heavy atom. The van der Waals surface area contributed by atoms with Crippen LogP contribution in [0.1, 0.15) is 0 Å². The summed E-state index contributed by atoms with van der Waals surface area (Å²) < 4.78 is 10.3. The van der Waals surface area contributed by atoms with Crippen molar-refractivity contribution in [2.24, 2.45) is 0 Å². The molecule has 1 heterocycles. The molecule has 0 saturated heterocycles. The molecule has 0 aliphatic heterocycles. The lowest BCUT2D eigenvalue weighted by Gasteiger charge is -2.09. The molecule has 0 fully saturated rings. The number of pyridine rings is 1. The molecule has 0 unspecified atom stereocenters. The maximum Gasteiger partial charge on any atom is 0.249 e. The molecule has 16 heavy (non-hydrogen) atoms. The van der Waals surface area contributed by atoms with Crippen molar-refractivity contribution < 1.29 is 9.47 Å². The van der Waals surface area contributed by atoms with Crippen molar-refractivity contribution in [1.29, 1.82) is 0 Å². The number of benzene rings is 1. The second-order valence-electron chi connectivity index (χ2n) is 3.23. The number of hydrogen-bond acceptors (Lipinski definition) is 3. The third-order valence-electron chi connectivity index (χ3n) is 2.30. The molecule has 0 amide bonds. The van der Waals surface area contributed by atoms with Crippen LogP contribution in [0.15, 0.2) is 23.0 Å². The fourth-order valence-corrected chi connectivity index (χ4v) is 1.80. The fourth-order valence-electron chi connectivity index (χ4n) is 1.54. The average molecular weight is 240 g/mol. The van der Waals surface area contributed by atoms with Crippen molar-refractivity contribution in [2.75, 3.05) is 14.2 Å². The van der Waals surface area contributed by atoms with Gasteiger partial charge in [-0.1, -0.05) is 11.6 Å².